The van der Waals surface area contributed by atoms with Crippen LogP contribution in [0.4, 0.5) is 0 Å². The fourth-order valence-electron chi connectivity index (χ4n) is 1.77. The molecule has 0 unspecified atom stereocenters. The molecule has 1 aromatic carbocycles. The molecule has 1 aromatic heterocycles. The van der Waals surface area contributed by atoms with Gasteiger partial charge in [0, 0.05) is 18.4 Å². The number of methoxy groups -OCH3 is 1. The van der Waals surface area contributed by atoms with Crippen molar-refractivity contribution in [1.29, 1.82) is 0 Å². The summed E-state index contributed by atoms with van der Waals surface area (Å²) in [5, 5.41) is 3.92. The lowest BCUT2D eigenvalue weighted by Gasteiger charge is -2.04. The number of benzene rings is 1. The first-order valence-corrected chi connectivity index (χ1v) is 6.07. The van der Waals surface area contributed by atoms with E-state index in [-0.39, 0.29) is 5.78 Å². The fraction of sp³-hybridized carbons (Fsp3) is 0.357. The van der Waals surface area contributed by atoms with E-state index in [9.17, 15) is 4.79 Å². The number of rotatable bonds is 5. The molecule has 0 aliphatic rings. The molecule has 0 saturated heterocycles. The number of hydrogen-bond donors (Lipinski definition) is 0. The molecular weight excluding hydrogens is 244 g/mol. The molecule has 0 fully saturated rings. The molecule has 0 saturated carbocycles. The highest BCUT2D eigenvalue weighted by Crippen LogP contribution is 2.24. The molecule has 0 aliphatic heterocycles. The number of nitrogens with zero attached hydrogens (tertiary/aromatic N) is 2. The summed E-state index contributed by atoms with van der Waals surface area (Å²) < 4.78 is 10.3. The van der Waals surface area contributed by atoms with Crippen LogP contribution in [-0.4, -0.2) is 23.0 Å². The topological polar surface area (TPSA) is 65.2 Å². The van der Waals surface area contributed by atoms with Gasteiger partial charge in [-0.3, -0.25) is 0 Å². The van der Waals surface area contributed by atoms with Crippen molar-refractivity contribution >= 4 is 5.78 Å². The second kappa shape index (κ2) is 5.65. The molecule has 19 heavy (non-hydrogen) atoms. The zero-order valence-electron chi connectivity index (χ0n) is 11.3. The number of ether oxygens (including phenoxy) is 1. The summed E-state index contributed by atoms with van der Waals surface area (Å²) in [7, 11) is 1.64. The van der Waals surface area contributed by atoms with Gasteiger partial charge in [0.25, 0.3) is 0 Å². The van der Waals surface area contributed by atoms with Gasteiger partial charge in [0.15, 0.2) is 0 Å². The number of carbonyl (C=O) groups excluding carboxylic acids is 1. The van der Waals surface area contributed by atoms with E-state index in [2.05, 4.69) is 10.1 Å². The van der Waals surface area contributed by atoms with Crippen LogP contribution < -0.4 is 4.74 Å². The summed E-state index contributed by atoms with van der Waals surface area (Å²) in [6, 6.07) is 5.69. The van der Waals surface area contributed by atoms with Crippen molar-refractivity contribution in [3.63, 3.8) is 0 Å². The standard InChI is InChI=1S/C14H16N2O3/c1-9-8-11(5-6-12(9)18-3)14-15-13(19-16-14)7-4-10(2)17/h5-6,8H,4,7H2,1-3H3. The number of aryl methyl sites for hydroxylation is 2. The Kier molecular flexibility index (Phi) is 3.94. The van der Waals surface area contributed by atoms with Crippen LogP contribution in [0.2, 0.25) is 0 Å². The van der Waals surface area contributed by atoms with E-state index in [1.54, 1.807) is 14.0 Å². The zero-order chi connectivity index (χ0) is 13.8. The van der Waals surface area contributed by atoms with Crippen molar-refractivity contribution in [2.45, 2.75) is 26.7 Å². The molecule has 0 spiro atoms. The number of carbonyl (C=O) groups is 1. The van der Waals surface area contributed by atoms with E-state index in [1.807, 2.05) is 25.1 Å². The van der Waals surface area contributed by atoms with E-state index < -0.39 is 0 Å². The highest BCUT2D eigenvalue weighted by molar-refractivity contribution is 5.75. The Balaban J connectivity index is 2.18. The first kappa shape index (κ1) is 13.3. The van der Waals surface area contributed by atoms with Crippen LogP contribution in [0, 0.1) is 6.92 Å². The summed E-state index contributed by atoms with van der Waals surface area (Å²) in [4.78, 5) is 15.2. The van der Waals surface area contributed by atoms with Crippen LogP contribution in [-0.2, 0) is 11.2 Å². The van der Waals surface area contributed by atoms with Gasteiger partial charge in [-0.15, -0.1) is 0 Å². The van der Waals surface area contributed by atoms with Crippen LogP contribution in [0.1, 0.15) is 24.8 Å². The lowest BCUT2D eigenvalue weighted by atomic mass is 10.1. The summed E-state index contributed by atoms with van der Waals surface area (Å²) in [6.45, 7) is 3.50. The van der Waals surface area contributed by atoms with Gasteiger partial charge in [-0.2, -0.15) is 4.98 Å². The molecule has 5 heteroatoms. The van der Waals surface area contributed by atoms with Gasteiger partial charge in [-0.1, -0.05) is 5.16 Å². The lowest BCUT2D eigenvalue weighted by molar-refractivity contribution is -0.117. The van der Waals surface area contributed by atoms with Crippen molar-refractivity contribution in [1.82, 2.24) is 10.1 Å². The molecule has 0 amide bonds. The van der Waals surface area contributed by atoms with Crippen LogP contribution in [0.15, 0.2) is 22.7 Å². The third-order valence-corrected chi connectivity index (χ3v) is 2.81. The lowest BCUT2D eigenvalue weighted by Crippen LogP contribution is -1.94. The quantitative estimate of drug-likeness (QED) is 0.826. The highest BCUT2D eigenvalue weighted by atomic mass is 16.5. The van der Waals surface area contributed by atoms with Gasteiger partial charge in [-0.05, 0) is 37.6 Å². The molecule has 2 aromatic rings. The molecule has 5 nitrogen and oxygen atoms in total. The Bertz CT molecular complexity index is 590. The molecule has 2 rings (SSSR count). The van der Waals surface area contributed by atoms with Crippen LogP contribution >= 0.6 is 0 Å². The number of aromatic nitrogens is 2. The SMILES string of the molecule is COc1ccc(-c2noc(CCC(C)=O)n2)cc1C. The summed E-state index contributed by atoms with van der Waals surface area (Å²) in [6.07, 6.45) is 0.904. The summed E-state index contributed by atoms with van der Waals surface area (Å²) in [5.74, 6) is 1.95. The van der Waals surface area contributed by atoms with Crippen LogP contribution in [0.25, 0.3) is 11.4 Å². The van der Waals surface area contributed by atoms with Gasteiger partial charge in [-0.25, -0.2) is 0 Å². The van der Waals surface area contributed by atoms with Crippen LogP contribution in [0.3, 0.4) is 0 Å². The molecule has 0 bridgehead atoms. The molecule has 0 atom stereocenters. The Morgan fingerprint density at radius 1 is 1.42 bits per heavy atom. The molecule has 0 radical (unpaired) electrons. The third kappa shape index (κ3) is 3.19. The Morgan fingerprint density at radius 2 is 2.21 bits per heavy atom. The second-order valence-corrected chi connectivity index (χ2v) is 4.40. The van der Waals surface area contributed by atoms with E-state index in [1.165, 1.54) is 0 Å². The minimum Gasteiger partial charge on any atom is -0.496 e. The minimum atomic E-state index is 0.111. The Labute approximate surface area is 111 Å². The summed E-state index contributed by atoms with van der Waals surface area (Å²) >= 11 is 0. The highest BCUT2D eigenvalue weighted by Gasteiger charge is 2.10. The predicted molar refractivity (Wildman–Crippen MR) is 70.0 cm³/mol. The molecular formula is C14H16N2O3. The predicted octanol–water partition coefficient (Wildman–Crippen LogP) is 2.58. The minimum absolute atomic E-state index is 0.111. The van der Waals surface area contributed by atoms with Gasteiger partial charge in [0.05, 0.1) is 7.11 Å². The molecule has 0 aliphatic carbocycles. The zero-order valence-corrected chi connectivity index (χ0v) is 11.3. The Morgan fingerprint density at radius 3 is 2.84 bits per heavy atom. The van der Waals surface area contributed by atoms with Crippen molar-refractivity contribution in [3.8, 4) is 17.1 Å². The smallest absolute Gasteiger partial charge is 0.227 e. The van der Waals surface area contributed by atoms with Crippen molar-refractivity contribution < 1.29 is 14.1 Å². The maximum Gasteiger partial charge on any atom is 0.227 e. The fourth-order valence-corrected chi connectivity index (χ4v) is 1.77. The summed E-state index contributed by atoms with van der Waals surface area (Å²) in [5.41, 5.74) is 1.88. The van der Waals surface area contributed by atoms with E-state index >= 15 is 0 Å². The molecule has 100 valence electrons. The van der Waals surface area contributed by atoms with Gasteiger partial charge in [0.1, 0.15) is 11.5 Å². The van der Waals surface area contributed by atoms with E-state index in [0.29, 0.717) is 24.6 Å². The van der Waals surface area contributed by atoms with Gasteiger partial charge < -0.3 is 14.1 Å². The average molecular weight is 260 g/mol. The Hall–Kier alpha value is -2.17. The number of hydrogen-bond acceptors (Lipinski definition) is 5. The van der Waals surface area contributed by atoms with E-state index in [0.717, 1.165) is 16.9 Å². The number of ketones is 1. The van der Waals surface area contributed by atoms with Crippen LogP contribution in [0.5, 0.6) is 5.75 Å². The second-order valence-electron chi connectivity index (χ2n) is 4.40. The maximum absolute atomic E-state index is 10.9. The molecule has 1 heterocycles. The van der Waals surface area contributed by atoms with E-state index in [4.69, 9.17) is 9.26 Å². The normalized spacial score (nSPS) is 10.5. The first-order valence-electron chi connectivity index (χ1n) is 6.07. The molecule has 0 N–H and O–H groups in total. The number of Topliss-reactive ketones (excluding diaryl/α,β-unsaturated/α-hetero) is 1. The van der Waals surface area contributed by atoms with Gasteiger partial charge in [0.2, 0.25) is 11.7 Å². The first-order chi connectivity index (χ1) is 9.10. The van der Waals surface area contributed by atoms with Gasteiger partial charge >= 0.3 is 0 Å². The van der Waals surface area contributed by atoms with Crippen molar-refractivity contribution in [2.75, 3.05) is 7.11 Å². The maximum atomic E-state index is 10.9. The average Bonchev–Trinajstić information content (AvgIpc) is 2.85. The van der Waals surface area contributed by atoms with Crippen molar-refractivity contribution in [3.05, 3.63) is 29.7 Å². The largest absolute Gasteiger partial charge is 0.496 e. The monoisotopic (exact) mass is 260 g/mol. The van der Waals surface area contributed by atoms with Crippen molar-refractivity contribution in [2.24, 2.45) is 0 Å². The third-order valence-electron chi connectivity index (χ3n) is 2.81.